The molecule has 3 aliphatic rings. The Hall–Kier alpha value is -1.59. The van der Waals surface area contributed by atoms with E-state index in [0.717, 1.165) is 44.4 Å². The summed E-state index contributed by atoms with van der Waals surface area (Å²) in [4.78, 5) is 15.2. The van der Waals surface area contributed by atoms with Crippen LogP contribution in [0.25, 0.3) is 0 Å². The van der Waals surface area contributed by atoms with Gasteiger partial charge in [0, 0.05) is 25.6 Å². The molecule has 4 atom stereocenters. The van der Waals surface area contributed by atoms with Crippen LogP contribution in [0.3, 0.4) is 0 Å². The maximum atomic E-state index is 12.8. The lowest BCUT2D eigenvalue weighted by atomic mass is 9.88. The minimum atomic E-state index is 0.187. The fraction of sp³-hybridized carbons (Fsp3) is 0.667. The molecule has 0 aromatic heterocycles. The summed E-state index contributed by atoms with van der Waals surface area (Å²) in [5.41, 5.74) is 1.22. The molecular weight excluding hydrogens is 328 g/mol. The van der Waals surface area contributed by atoms with Gasteiger partial charge in [-0.15, -0.1) is 0 Å². The molecule has 5 nitrogen and oxygen atoms in total. The predicted molar refractivity (Wildman–Crippen MR) is 100 cm³/mol. The number of hydrogen-bond donors (Lipinski definition) is 1. The van der Waals surface area contributed by atoms with Crippen molar-refractivity contribution in [2.75, 3.05) is 40.0 Å². The predicted octanol–water partition coefficient (Wildman–Crippen LogP) is 2.62. The van der Waals surface area contributed by atoms with Crippen LogP contribution >= 0.6 is 0 Å². The molecular formula is C21H30N2O3. The number of hydrogen-bond acceptors (Lipinski definition) is 4. The molecule has 1 aliphatic heterocycles. The van der Waals surface area contributed by atoms with Crippen LogP contribution in [0.4, 0.5) is 0 Å². The van der Waals surface area contributed by atoms with Gasteiger partial charge in [0.2, 0.25) is 5.91 Å². The van der Waals surface area contributed by atoms with E-state index in [1.807, 2.05) is 12.1 Å². The first kappa shape index (κ1) is 17.8. The van der Waals surface area contributed by atoms with Crippen molar-refractivity contribution in [2.24, 2.45) is 17.8 Å². The molecule has 3 fully saturated rings. The quantitative estimate of drug-likeness (QED) is 0.849. The van der Waals surface area contributed by atoms with Crippen molar-refractivity contribution >= 4 is 5.91 Å². The molecule has 26 heavy (non-hydrogen) atoms. The summed E-state index contributed by atoms with van der Waals surface area (Å²) in [5, 5.41) is 3.28. The first-order valence-electron chi connectivity index (χ1n) is 9.98. The van der Waals surface area contributed by atoms with E-state index in [1.165, 1.54) is 24.8 Å². The normalized spacial score (nSPS) is 29.5. The number of carbonyl (C=O) groups excluding carboxylic acids is 1. The summed E-state index contributed by atoms with van der Waals surface area (Å²) in [6.07, 6.45) is 4.94. The minimum Gasteiger partial charge on any atom is -0.497 e. The molecule has 2 saturated carbocycles. The van der Waals surface area contributed by atoms with Crippen molar-refractivity contribution in [3.63, 3.8) is 0 Å². The molecule has 1 N–H and O–H groups in total. The molecule has 1 heterocycles. The standard InChI is InChI=1S/C21H30N2O3/c1-25-18-6-4-16(5-7-18)20(23-8-10-26-11-9-23)14-22-21(24)19-13-15-2-3-17(19)12-15/h4-7,15,17,19-20H,2-3,8-14H2,1H3,(H,22,24)/t15-,17-,19-,20-/m0/s1. The van der Waals surface area contributed by atoms with Crippen LogP contribution in [0.2, 0.25) is 0 Å². The van der Waals surface area contributed by atoms with Crippen LogP contribution < -0.4 is 10.1 Å². The first-order chi connectivity index (χ1) is 12.7. The van der Waals surface area contributed by atoms with Crippen molar-refractivity contribution in [1.82, 2.24) is 10.2 Å². The fourth-order valence-corrected chi connectivity index (χ4v) is 5.07. The SMILES string of the molecule is COc1ccc([C@H](CNC(=O)[C@H]2C[C@H]3CC[C@H]2C3)N2CCOCC2)cc1. The molecule has 2 bridgehead atoms. The molecule has 142 valence electrons. The van der Waals surface area contributed by atoms with Gasteiger partial charge in [-0.05, 0) is 48.8 Å². The highest BCUT2D eigenvalue weighted by Gasteiger charge is 2.43. The third kappa shape index (κ3) is 3.74. The summed E-state index contributed by atoms with van der Waals surface area (Å²) in [7, 11) is 1.68. The molecule has 5 heteroatoms. The van der Waals surface area contributed by atoms with Crippen LogP contribution in [-0.4, -0.2) is 50.8 Å². The second-order valence-electron chi connectivity index (χ2n) is 7.96. The van der Waals surface area contributed by atoms with Crippen molar-refractivity contribution in [3.05, 3.63) is 29.8 Å². The number of rotatable bonds is 6. The number of benzene rings is 1. The van der Waals surface area contributed by atoms with Gasteiger partial charge < -0.3 is 14.8 Å². The zero-order valence-electron chi connectivity index (χ0n) is 15.7. The summed E-state index contributed by atoms with van der Waals surface area (Å²) in [6, 6.07) is 8.42. The molecule has 1 aromatic rings. The highest BCUT2D eigenvalue weighted by atomic mass is 16.5. The molecule has 2 aliphatic carbocycles. The van der Waals surface area contributed by atoms with E-state index in [2.05, 4.69) is 22.3 Å². The van der Waals surface area contributed by atoms with E-state index in [1.54, 1.807) is 7.11 Å². The summed E-state index contributed by atoms with van der Waals surface area (Å²) in [5.74, 6) is 2.80. The highest BCUT2D eigenvalue weighted by molar-refractivity contribution is 5.79. The molecule has 0 radical (unpaired) electrons. The Kier molecular flexibility index (Phi) is 5.46. The van der Waals surface area contributed by atoms with Gasteiger partial charge in [-0.1, -0.05) is 18.6 Å². The van der Waals surface area contributed by atoms with Crippen molar-refractivity contribution in [2.45, 2.75) is 31.7 Å². The molecule has 1 aromatic carbocycles. The van der Waals surface area contributed by atoms with Crippen LogP contribution in [0.5, 0.6) is 5.75 Å². The van der Waals surface area contributed by atoms with Gasteiger partial charge in [-0.2, -0.15) is 0 Å². The maximum Gasteiger partial charge on any atom is 0.223 e. The zero-order chi connectivity index (χ0) is 17.9. The van der Waals surface area contributed by atoms with Crippen LogP contribution in [0.1, 0.15) is 37.3 Å². The highest BCUT2D eigenvalue weighted by Crippen LogP contribution is 2.48. The van der Waals surface area contributed by atoms with Crippen LogP contribution in [0, 0.1) is 17.8 Å². The monoisotopic (exact) mass is 358 g/mol. The van der Waals surface area contributed by atoms with E-state index in [0.29, 0.717) is 12.5 Å². The van der Waals surface area contributed by atoms with Gasteiger partial charge in [0.1, 0.15) is 5.75 Å². The number of fused-ring (bicyclic) bond motifs is 2. The lowest BCUT2D eigenvalue weighted by molar-refractivity contribution is -0.126. The second-order valence-corrected chi connectivity index (χ2v) is 7.96. The van der Waals surface area contributed by atoms with Crippen LogP contribution in [0.15, 0.2) is 24.3 Å². The van der Waals surface area contributed by atoms with Gasteiger partial charge in [0.15, 0.2) is 0 Å². The van der Waals surface area contributed by atoms with Crippen molar-refractivity contribution in [1.29, 1.82) is 0 Å². The lowest BCUT2D eigenvalue weighted by Crippen LogP contribution is -2.45. The Labute approximate surface area is 156 Å². The lowest BCUT2D eigenvalue weighted by Gasteiger charge is -2.35. The molecule has 0 spiro atoms. The van der Waals surface area contributed by atoms with Gasteiger partial charge in [0.05, 0.1) is 26.4 Å². The number of ether oxygens (including phenoxy) is 2. The molecule has 0 unspecified atom stereocenters. The molecule has 1 amide bonds. The van der Waals surface area contributed by atoms with Gasteiger partial charge in [-0.3, -0.25) is 9.69 Å². The van der Waals surface area contributed by atoms with Crippen molar-refractivity contribution in [3.8, 4) is 5.75 Å². The third-order valence-corrected chi connectivity index (χ3v) is 6.53. The van der Waals surface area contributed by atoms with E-state index >= 15 is 0 Å². The largest absolute Gasteiger partial charge is 0.497 e. The second kappa shape index (κ2) is 7.97. The smallest absolute Gasteiger partial charge is 0.223 e. The number of nitrogens with one attached hydrogen (secondary N) is 1. The third-order valence-electron chi connectivity index (χ3n) is 6.53. The first-order valence-corrected chi connectivity index (χ1v) is 9.98. The summed E-state index contributed by atoms with van der Waals surface area (Å²) < 4.78 is 10.8. The number of amides is 1. The minimum absolute atomic E-state index is 0.187. The average molecular weight is 358 g/mol. The van der Waals surface area contributed by atoms with E-state index in [4.69, 9.17) is 9.47 Å². The van der Waals surface area contributed by atoms with E-state index in [-0.39, 0.29) is 17.9 Å². The number of carbonyl (C=O) groups is 1. The summed E-state index contributed by atoms with van der Waals surface area (Å²) in [6.45, 7) is 3.99. The number of morpholine rings is 1. The van der Waals surface area contributed by atoms with E-state index in [9.17, 15) is 4.79 Å². The Morgan fingerprint density at radius 2 is 2.00 bits per heavy atom. The summed E-state index contributed by atoms with van der Waals surface area (Å²) >= 11 is 0. The Morgan fingerprint density at radius 3 is 2.62 bits per heavy atom. The zero-order valence-corrected chi connectivity index (χ0v) is 15.7. The average Bonchev–Trinajstić information content (AvgIpc) is 3.33. The molecule has 1 saturated heterocycles. The Balaban J connectivity index is 1.42. The van der Waals surface area contributed by atoms with Crippen molar-refractivity contribution < 1.29 is 14.3 Å². The van der Waals surface area contributed by atoms with E-state index < -0.39 is 0 Å². The Bertz CT molecular complexity index is 612. The molecule has 4 rings (SSSR count). The Morgan fingerprint density at radius 1 is 1.23 bits per heavy atom. The number of methoxy groups -OCH3 is 1. The maximum absolute atomic E-state index is 12.8. The topological polar surface area (TPSA) is 50.8 Å². The van der Waals surface area contributed by atoms with Gasteiger partial charge in [-0.25, -0.2) is 0 Å². The fourth-order valence-electron chi connectivity index (χ4n) is 5.07. The van der Waals surface area contributed by atoms with Gasteiger partial charge in [0.25, 0.3) is 0 Å². The van der Waals surface area contributed by atoms with Gasteiger partial charge >= 0.3 is 0 Å². The van der Waals surface area contributed by atoms with Crippen LogP contribution in [-0.2, 0) is 9.53 Å². The number of nitrogens with zero attached hydrogens (tertiary/aromatic N) is 1.